The molecule has 1 aliphatic heterocycles. The van der Waals surface area contributed by atoms with Crippen LogP contribution in [0.4, 0.5) is 0 Å². The molecular formula is C16H21NO. The molecule has 0 bridgehead atoms. The molecule has 0 spiro atoms. The van der Waals surface area contributed by atoms with Crippen molar-refractivity contribution in [2.24, 2.45) is 11.3 Å². The Kier molecular flexibility index (Phi) is 2.49. The van der Waals surface area contributed by atoms with Gasteiger partial charge in [0.15, 0.2) is 0 Å². The van der Waals surface area contributed by atoms with Crippen LogP contribution in [0.3, 0.4) is 0 Å². The molecule has 2 nitrogen and oxygen atoms in total. The molecule has 1 atom stereocenters. The van der Waals surface area contributed by atoms with Crippen LogP contribution in [0.15, 0.2) is 24.3 Å². The second-order valence-corrected chi connectivity index (χ2v) is 6.28. The van der Waals surface area contributed by atoms with Crippen LogP contribution in [0, 0.1) is 11.3 Å². The Hall–Kier alpha value is -0.860. The van der Waals surface area contributed by atoms with Crippen molar-refractivity contribution >= 4 is 0 Å². The number of rotatable bonds is 4. The summed E-state index contributed by atoms with van der Waals surface area (Å²) < 4.78 is 5.71. The molecule has 1 unspecified atom stereocenters. The van der Waals surface area contributed by atoms with Crippen molar-refractivity contribution in [1.29, 1.82) is 0 Å². The molecule has 1 aromatic rings. The first-order valence-electron chi connectivity index (χ1n) is 7.26. The van der Waals surface area contributed by atoms with Gasteiger partial charge in [-0.3, -0.25) is 0 Å². The third kappa shape index (κ3) is 1.88. The summed E-state index contributed by atoms with van der Waals surface area (Å²) in [4.78, 5) is 0. The number of hydrogen-bond acceptors (Lipinski definition) is 2. The summed E-state index contributed by atoms with van der Waals surface area (Å²) in [5.41, 5.74) is 3.49. The lowest BCUT2D eigenvalue weighted by molar-refractivity contribution is 0.0799. The minimum absolute atomic E-state index is 0.408. The molecule has 1 aromatic carbocycles. The zero-order valence-electron chi connectivity index (χ0n) is 10.8. The predicted molar refractivity (Wildman–Crippen MR) is 71.2 cm³/mol. The van der Waals surface area contributed by atoms with Crippen LogP contribution in [0.1, 0.15) is 42.9 Å². The Bertz CT molecular complexity index is 448. The minimum atomic E-state index is 0.408. The van der Waals surface area contributed by atoms with E-state index >= 15 is 0 Å². The molecule has 2 saturated carbocycles. The van der Waals surface area contributed by atoms with Gasteiger partial charge in [0.2, 0.25) is 0 Å². The highest BCUT2D eigenvalue weighted by Gasteiger charge is 2.53. The van der Waals surface area contributed by atoms with Gasteiger partial charge in [0.1, 0.15) is 0 Å². The third-order valence-corrected chi connectivity index (χ3v) is 5.01. The predicted octanol–water partition coefficient (Wildman–Crippen LogP) is 3.04. The van der Waals surface area contributed by atoms with Gasteiger partial charge in [-0.05, 0) is 48.1 Å². The Morgan fingerprint density at radius 2 is 2.06 bits per heavy atom. The second-order valence-electron chi connectivity index (χ2n) is 6.28. The van der Waals surface area contributed by atoms with Gasteiger partial charge in [0.25, 0.3) is 0 Å². The summed E-state index contributed by atoms with van der Waals surface area (Å²) in [5, 5.41) is 3.78. The molecule has 2 heteroatoms. The smallest absolute Gasteiger partial charge is 0.0721 e. The molecule has 18 heavy (non-hydrogen) atoms. The lowest BCUT2D eigenvalue weighted by Crippen LogP contribution is -2.34. The lowest BCUT2D eigenvalue weighted by Gasteiger charge is -2.28. The number of ether oxygens (including phenoxy) is 1. The van der Waals surface area contributed by atoms with Gasteiger partial charge in [0, 0.05) is 6.54 Å². The van der Waals surface area contributed by atoms with E-state index in [1.54, 1.807) is 0 Å². The van der Waals surface area contributed by atoms with E-state index in [2.05, 4.69) is 29.6 Å². The fourth-order valence-corrected chi connectivity index (χ4v) is 3.46. The standard InChI is InChI=1S/C16H21NO/c1-2-4-14-12(3-1)9-18-10-15(14)17-11-16(7-8-16)13-5-6-13/h1-4,13,15,17H,5-11H2. The van der Waals surface area contributed by atoms with Gasteiger partial charge in [-0.2, -0.15) is 0 Å². The molecule has 0 saturated heterocycles. The molecule has 2 aliphatic carbocycles. The van der Waals surface area contributed by atoms with Crippen LogP contribution in [0.5, 0.6) is 0 Å². The summed E-state index contributed by atoms with van der Waals surface area (Å²) in [7, 11) is 0. The molecule has 4 rings (SSSR count). The monoisotopic (exact) mass is 243 g/mol. The Morgan fingerprint density at radius 3 is 2.83 bits per heavy atom. The largest absolute Gasteiger partial charge is 0.375 e. The van der Waals surface area contributed by atoms with E-state index < -0.39 is 0 Å². The molecule has 0 amide bonds. The van der Waals surface area contributed by atoms with Crippen molar-refractivity contribution in [1.82, 2.24) is 5.32 Å². The fraction of sp³-hybridized carbons (Fsp3) is 0.625. The molecular weight excluding hydrogens is 222 g/mol. The highest BCUT2D eigenvalue weighted by atomic mass is 16.5. The van der Waals surface area contributed by atoms with Crippen LogP contribution in [-0.4, -0.2) is 13.2 Å². The fourth-order valence-electron chi connectivity index (χ4n) is 3.46. The number of nitrogens with one attached hydrogen (secondary N) is 1. The van der Waals surface area contributed by atoms with E-state index in [-0.39, 0.29) is 0 Å². The zero-order chi connectivity index (χ0) is 12.0. The number of fused-ring (bicyclic) bond motifs is 1. The van der Waals surface area contributed by atoms with Gasteiger partial charge in [0.05, 0.1) is 19.3 Å². The maximum atomic E-state index is 5.71. The summed E-state index contributed by atoms with van der Waals surface area (Å²) in [6, 6.07) is 9.11. The van der Waals surface area contributed by atoms with E-state index in [1.807, 2.05) is 0 Å². The van der Waals surface area contributed by atoms with E-state index in [9.17, 15) is 0 Å². The van der Waals surface area contributed by atoms with Gasteiger partial charge in [-0.1, -0.05) is 24.3 Å². The summed E-state index contributed by atoms with van der Waals surface area (Å²) in [6.07, 6.45) is 5.83. The second kappa shape index (κ2) is 4.07. The van der Waals surface area contributed by atoms with E-state index in [1.165, 1.54) is 43.4 Å². The number of hydrogen-bond donors (Lipinski definition) is 1. The summed E-state index contributed by atoms with van der Waals surface area (Å²) >= 11 is 0. The Balaban J connectivity index is 1.46. The van der Waals surface area contributed by atoms with Gasteiger partial charge in [-0.25, -0.2) is 0 Å². The van der Waals surface area contributed by atoms with Crippen LogP contribution in [0.25, 0.3) is 0 Å². The van der Waals surface area contributed by atoms with E-state index in [0.717, 1.165) is 19.1 Å². The van der Waals surface area contributed by atoms with Crippen molar-refractivity contribution in [3.8, 4) is 0 Å². The first-order chi connectivity index (χ1) is 8.87. The van der Waals surface area contributed by atoms with Crippen LogP contribution < -0.4 is 5.32 Å². The average Bonchev–Trinajstić information content (AvgIpc) is 3.28. The van der Waals surface area contributed by atoms with Crippen molar-refractivity contribution in [3.05, 3.63) is 35.4 Å². The SMILES string of the molecule is c1ccc2c(c1)COCC2NCC1(C2CC2)CC1. The van der Waals surface area contributed by atoms with Crippen molar-refractivity contribution < 1.29 is 4.74 Å². The zero-order valence-corrected chi connectivity index (χ0v) is 10.8. The first kappa shape index (κ1) is 11.0. The quantitative estimate of drug-likeness (QED) is 0.877. The van der Waals surface area contributed by atoms with Gasteiger partial charge < -0.3 is 10.1 Å². The average molecular weight is 243 g/mol. The maximum Gasteiger partial charge on any atom is 0.0721 e. The topological polar surface area (TPSA) is 21.3 Å². The molecule has 2 fully saturated rings. The van der Waals surface area contributed by atoms with E-state index in [4.69, 9.17) is 4.74 Å². The maximum absolute atomic E-state index is 5.71. The summed E-state index contributed by atoms with van der Waals surface area (Å²) in [6.45, 7) is 2.81. The third-order valence-electron chi connectivity index (χ3n) is 5.01. The van der Waals surface area contributed by atoms with Crippen molar-refractivity contribution in [2.45, 2.75) is 38.3 Å². The van der Waals surface area contributed by atoms with Crippen LogP contribution >= 0.6 is 0 Å². The molecule has 0 radical (unpaired) electrons. The lowest BCUT2D eigenvalue weighted by atomic mass is 9.96. The van der Waals surface area contributed by atoms with Crippen molar-refractivity contribution in [2.75, 3.05) is 13.2 Å². The highest BCUT2D eigenvalue weighted by Crippen LogP contribution is 2.61. The summed E-state index contributed by atoms with van der Waals surface area (Å²) in [5.74, 6) is 1.03. The first-order valence-corrected chi connectivity index (χ1v) is 7.26. The van der Waals surface area contributed by atoms with Crippen molar-refractivity contribution in [3.63, 3.8) is 0 Å². The molecule has 96 valence electrons. The molecule has 1 heterocycles. The highest BCUT2D eigenvalue weighted by molar-refractivity contribution is 5.31. The van der Waals surface area contributed by atoms with Crippen LogP contribution in [-0.2, 0) is 11.3 Å². The molecule has 1 N–H and O–H groups in total. The van der Waals surface area contributed by atoms with Crippen LogP contribution in [0.2, 0.25) is 0 Å². The molecule has 3 aliphatic rings. The Morgan fingerprint density at radius 1 is 1.22 bits per heavy atom. The van der Waals surface area contributed by atoms with E-state index in [0.29, 0.717) is 11.5 Å². The molecule has 0 aromatic heterocycles. The van der Waals surface area contributed by atoms with Gasteiger partial charge >= 0.3 is 0 Å². The van der Waals surface area contributed by atoms with Gasteiger partial charge in [-0.15, -0.1) is 0 Å². The normalized spacial score (nSPS) is 28.8. The number of benzene rings is 1. The minimum Gasteiger partial charge on any atom is -0.375 e. The Labute approximate surface area is 109 Å².